The molecule has 27 heavy (non-hydrogen) atoms. The second-order valence-corrected chi connectivity index (χ2v) is 7.24. The van der Waals surface area contributed by atoms with E-state index in [2.05, 4.69) is 10.2 Å². The van der Waals surface area contributed by atoms with Crippen molar-refractivity contribution in [2.45, 2.75) is 40.3 Å². The summed E-state index contributed by atoms with van der Waals surface area (Å²) in [6.45, 7) is 8.58. The van der Waals surface area contributed by atoms with Gasteiger partial charge in [0.1, 0.15) is 0 Å². The van der Waals surface area contributed by atoms with Gasteiger partial charge in [0.15, 0.2) is 5.78 Å². The van der Waals surface area contributed by atoms with Gasteiger partial charge in [-0.15, -0.1) is 0 Å². The Bertz CT molecular complexity index is 998. The Balaban J connectivity index is 1.80. The molecule has 0 unspecified atom stereocenters. The molecule has 0 bridgehead atoms. The van der Waals surface area contributed by atoms with E-state index in [4.69, 9.17) is 11.6 Å². The molecule has 0 amide bonds. The highest BCUT2D eigenvalue weighted by molar-refractivity contribution is 6.31. The van der Waals surface area contributed by atoms with Crippen LogP contribution in [0.1, 0.15) is 52.8 Å². The minimum Gasteiger partial charge on any atom is -0.289 e. The van der Waals surface area contributed by atoms with Gasteiger partial charge in [0.25, 0.3) is 0 Å². The first-order valence-corrected chi connectivity index (χ1v) is 9.28. The van der Waals surface area contributed by atoms with E-state index in [9.17, 15) is 4.79 Å². The first kappa shape index (κ1) is 19.1. The lowest BCUT2D eigenvalue weighted by Gasteiger charge is -2.06. The molecule has 3 rings (SSSR count). The first-order chi connectivity index (χ1) is 12.9. The molecule has 1 aromatic carbocycles. The van der Waals surface area contributed by atoms with Crippen LogP contribution in [0.5, 0.6) is 0 Å². The van der Waals surface area contributed by atoms with Crippen LogP contribution < -0.4 is 0 Å². The molecule has 0 aliphatic rings. The van der Waals surface area contributed by atoms with E-state index < -0.39 is 0 Å². The van der Waals surface area contributed by atoms with E-state index in [0.29, 0.717) is 12.1 Å². The maximum atomic E-state index is 12.4. The van der Waals surface area contributed by atoms with Crippen molar-refractivity contribution < 1.29 is 4.79 Å². The highest BCUT2D eigenvalue weighted by Gasteiger charge is 2.12. The lowest BCUT2D eigenvalue weighted by Crippen LogP contribution is -2.04. The van der Waals surface area contributed by atoms with Gasteiger partial charge in [0.05, 0.1) is 24.0 Å². The largest absolute Gasteiger partial charge is 0.289 e. The van der Waals surface area contributed by atoms with Crippen molar-refractivity contribution in [2.24, 2.45) is 0 Å². The Hall–Kier alpha value is -2.66. The summed E-state index contributed by atoms with van der Waals surface area (Å²) in [7, 11) is 0. The number of ketones is 1. The highest BCUT2D eigenvalue weighted by Crippen LogP contribution is 2.20. The monoisotopic (exact) mass is 382 g/mol. The van der Waals surface area contributed by atoms with Crippen LogP contribution in [0.15, 0.2) is 42.7 Å². The number of carbonyl (C=O) groups excluding carboxylic acids is 1. The van der Waals surface area contributed by atoms with Gasteiger partial charge in [0, 0.05) is 28.5 Å². The lowest BCUT2D eigenvalue weighted by atomic mass is 10.1. The second kappa shape index (κ2) is 7.92. The molecule has 140 valence electrons. The van der Waals surface area contributed by atoms with Gasteiger partial charge < -0.3 is 0 Å². The molecule has 0 saturated heterocycles. The molecule has 0 N–H and O–H groups in total. The summed E-state index contributed by atoms with van der Waals surface area (Å²) in [5.41, 5.74) is 4.42. The molecule has 0 saturated carbocycles. The van der Waals surface area contributed by atoms with E-state index in [-0.39, 0.29) is 11.8 Å². The minimum absolute atomic E-state index is 0.0699. The van der Waals surface area contributed by atoms with Crippen LogP contribution in [-0.4, -0.2) is 25.3 Å². The van der Waals surface area contributed by atoms with Crippen LogP contribution in [0, 0.1) is 13.8 Å². The fourth-order valence-electron chi connectivity index (χ4n) is 2.90. The van der Waals surface area contributed by atoms with Crippen molar-refractivity contribution in [3.8, 4) is 0 Å². The van der Waals surface area contributed by atoms with E-state index in [0.717, 1.165) is 27.5 Å². The van der Waals surface area contributed by atoms with Gasteiger partial charge in [0.2, 0.25) is 0 Å². The van der Waals surface area contributed by atoms with Crippen molar-refractivity contribution in [3.63, 3.8) is 0 Å². The summed E-state index contributed by atoms with van der Waals surface area (Å²) in [5, 5.41) is 9.54. The maximum absolute atomic E-state index is 12.4. The van der Waals surface area contributed by atoms with Gasteiger partial charge in [-0.25, -0.2) is 0 Å². The summed E-state index contributed by atoms with van der Waals surface area (Å²) >= 11 is 6.26. The Morgan fingerprint density at radius 2 is 2.00 bits per heavy atom. The third-order valence-corrected chi connectivity index (χ3v) is 4.90. The standard InChI is InChI=1S/C21H23ClN4O/c1-14(2)25-13-18(11-23-25)21(27)10-9-19-15(3)24-26(16(19)4)12-17-7-5-6-8-20(17)22/h5-11,13-14H,12H2,1-4H3/b10-9+. The zero-order chi connectivity index (χ0) is 19.6. The smallest absolute Gasteiger partial charge is 0.189 e. The van der Waals surface area contributed by atoms with Crippen LogP contribution in [-0.2, 0) is 6.54 Å². The molecule has 0 aliphatic carbocycles. The highest BCUT2D eigenvalue weighted by atomic mass is 35.5. The summed E-state index contributed by atoms with van der Waals surface area (Å²) in [6, 6.07) is 7.96. The van der Waals surface area contributed by atoms with Crippen molar-refractivity contribution in [1.29, 1.82) is 0 Å². The fourth-order valence-corrected chi connectivity index (χ4v) is 3.09. The number of benzene rings is 1. The molecule has 0 radical (unpaired) electrons. The summed E-state index contributed by atoms with van der Waals surface area (Å²) in [6.07, 6.45) is 6.79. The van der Waals surface area contributed by atoms with E-state index in [1.807, 2.05) is 62.7 Å². The van der Waals surface area contributed by atoms with Crippen LogP contribution in [0.4, 0.5) is 0 Å². The van der Waals surface area contributed by atoms with Gasteiger partial charge >= 0.3 is 0 Å². The van der Waals surface area contributed by atoms with Crippen molar-refractivity contribution in [3.05, 3.63) is 75.8 Å². The molecule has 5 nitrogen and oxygen atoms in total. The number of hydrogen-bond donors (Lipinski definition) is 0. The molecular weight excluding hydrogens is 360 g/mol. The molecule has 3 aromatic rings. The van der Waals surface area contributed by atoms with E-state index in [1.54, 1.807) is 23.2 Å². The van der Waals surface area contributed by atoms with Crippen LogP contribution in [0.2, 0.25) is 5.02 Å². The minimum atomic E-state index is -0.0699. The van der Waals surface area contributed by atoms with Crippen LogP contribution in [0.3, 0.4) is 0 Å². The van der Waals surface area contributed by atoms with Crippen molar-refractivity contribution in [1.82, 2.24) is 19.6 Å². The Morgan fingerprint density at radius 1 is 1.26 bits per heavy atom. The molecule has 0 fully saturated rings. The molecular formula is C21H23ClN4O. The third-order valence-electron chi connectivity index (χ3n) is 4.53. The number of aromatic nitrogens is 4. The number of aryl methyl sites for hydroxylation is 1. The van der Waals surface area contributed by atoms with Crippen LogP contribution in [0.25, 0.3) is 6.08 Å². The molecule has 2 heterocycles. The average Bonchev–Trinajstić information content (AvgIpc) is 3.22. The van der Waals surface area contributed by atoms with E-state index in [1.165, 1.54) is 0 Å². The SMILES string of the molecule is Cc1nn(Cc2ccccc2Cl)c(C)c1/C=C/C(=O)c1cnn(C(C)C)c1. The zero-order valence-corrected chi connectivity index (χ0v) is 16.7. The first-order valence-electron chi connectivity index (χ1n) is 8.90. The maximum Gasteiger partial charge on any atom is 0.189 e. The Morgan fingerprint density at radius 3 is 2.67 bits per heavy atom. The lowest BCUT2D eigenvalue weighted by molar-refractivity contribution is 0.104. The summed E-state index contributed by atoms with van der Waals surface area (Å²) < 4.78 is 3.69. The summed E-state index contributed by atoms with van der Waals surface area (Å²) in [5.74, 6) is -0.0699. The van der Waals surface area contributed by atoms with Gasteiger partial charge in [-0.05, 0) is 51.5 Å². The van der Waals surface area contributed by atoms with Crippen molar-refractivity contribution in [2.75, 3.05) is 0 Å². The van der Waals surface area contributed by atoms with Gasteiger partial charge in [-0.3, -0.25) is 14.2 Å². The molecule has 0 aliphatic heterocycles. The van der Waals surface area contributed by atoms with Crippen LogP contribution >= 0.6 is 11.6 Å². The van der Waals surface area contributed by atoms with Crippen molar-refractivity contribution >= 4 is 23.5 Å². The zero-order valence-electron chi connectivity index (χ0n) is 16.0. The van der Waals surface area contributed by atoms with E-state index >= 15 is 0 Å². The number of allylic oxidation sites excluding steroid dienone is 1. The fraction of sp³-hybridized carbons (Fsp3) is 0.286. The quantitative estimate of drug-likeness (QED) is 0.451. The number of rotatable bonds is 6. The molecule has 6 heteroatoms. The second-order valence-electron chi connectivity index (χ2n) is 6.83. The predicted molar refractivity (Wildman–Crippen MR) is 108 cm³/mol. The number of carbonyl (C=O) groups is 1. The Kier molecular flexibility index (Phi) is 5.61. The van der Waals surface area contributed by atoms with Gasteiger partial charge in [-0.2, -0.15) is 10.2 Å². The molecule has 2 aromatic heterocycles. The third kappa shape index (κ3) is 4.19. The average molecular weight is 383 g/mol. The Labute approximate surface area is 164 Å². The predicted octanol–water partition coefficient (Wildman–Crippen LogP) is 4.88. The number of hydrogen-bond acceptors (Lipinski definition) is 3. The molecule has 0 spiro atoms. The topological polar surface area (TPSA) is 52.7 Å². The summed E-state index contributed by atoms with van der Waals surface area (Å²) in [4.78, 5) is 12.4. The molecule has 0 atom stereocenters. The van der Waals surface area contributed by atoms with Gasteiger partial charge in [-0.1, -0.05) is 29.8 Å². The normalized spacial score (nSPS) is 11.6. The number of halogens is 1. The number of nitrogens with zero attached hydrogens (tertiary/aromatic N) is 4.